The molecule has 0 amide bonds. The maximum atomic E-state index is 13.0. The number of rotatable bonds is 4. The van der Waals surface area contributed by atoms with Crippen LogP contribution in [0.15, 0.2) is 18.2 Å². The first kappa shape index (κ1) is 10.7. The van der Waals surface area contributed by atoms with Gasteiger partial charge in [-0.1, -0.05) is 19.4 Å². The first-order valence-electron chi connectivity index (χ1n) is 4.74. The third-order valence-electron chi connectivity index (χ3n) is 2.11. The highest BCUT2D eigenvalue weighted by Crippen LogP contribution is 2.18. The number of benzene rings is 1. The highest BCUT2D eigenvalue weighted by molar-refractivity contribution is 6.00. The Hall–Kier alpha value is -1.38. The minimum atomic E-state index is -0.521. The van der Waals surface area contributed by atoms with E-state index >= 15 is 0 Å². The van der Waals surface area contributed by atoms with Crippen LogP contribution in [-0.4, -0.2) is 5.78 Å². The average molecular weight is 195 g/mol. The van der Waals surface area contributed by atoms with Crippen LogP contribution in [0.2, 0.25) is 0 Å². The van der Waals surface area contributed by atoms with Crippen molar-refractivity contribution in [3.63, 3.8) is 0 Å². The Balaban J connectivity index is 2.84. The van der Waals surface area contributed by atoms with Crippen molar-refractivity contribution in [3.8, 4) is 0 Å². The zero-order valence-corrected chi connectivity index (χ0v) is 8.22. The molecule has 0 atom stereocenters. The van der Waals surface area contributed by atoms with Gasteiger partial charge in [0.2, 0.25) is 0 Å². The lowest BCUT2D eigenvalue weighted by molar-refractivity contribution is 0.0980. The van der Waals surface area contributed by atoms with Gasteiger partial charge in [0.05, 0.1) is 5.69 Å². The van der Waals surface area contributed by atoms with E-state index in [4.69, 9.17) is 5.73 Å². The zero-order chi connectivity index (χ0) is 10.6. The van der Waals surface area contributed by atoms with Crippen molar-refractivity contribution in [3.05, 3.63) is 29.6 Å². The quantitative estimate of drug-likeness (QED) is 0.593. The zero-order valence-electron chi connectivity index (χ0n) is 8.22. The van der Waals surface area contributed by atoms with Crippen LogP contribution in [-0.2, 0) is 0 Å². The summed E-state index contributed by atoms with van der Waals surface area (Å²) in [5, 5.41) is 0. The molecule has 0 fully saturated rings. The highest BCUT2D eigenvalue weighted by atomic mass is 19.1. The average Bonchev–Trinajstić information content (AvgIpc) is 2.18. The lowest BCUT2D eigenvalue weighted by Crippen LogP contribution is -2.05. The van der Waals surface area contributed by atoms with Gasteiger partial charge in [0.15, 0.2) is 5.78 Å². The number of ketones is 1. The van der Waals surface area contributed by atoms with E-state index < -0.39 is 5.82 Å². The van der Waals surface area contributed by atoms with E-state index in [1.807, 2.05) is 6.92 Å². The number of carbonyl (C=O) groups is 1. The SMILES string of the molecule is CCCCC(=O)c1cccc(F)c1N. The van der Waals surface area contributed by atoms with Gasteiger partial charge in [0, 0.05) is 12.0 Å². The van der Waals surface area contributed by atoms with Crippen LogP contribution in [0, 0.1) is 5.82 Å². The molecule has 0 heterocycles. The molecular formula is C11H14FNO. The van der Waals surface area contributed by atoms with Crippen LogP contribution in [0.4, 0.5) is 10.1 Å². The molecule has 0 unspecified atom stereocenters. The molecule has 1 rings (SSSR count). The number of hydrogen-bond acceptors (Lipinski definition) is 2. The molecule has 3 heteroatoms. The third-order valence-corrected chi connectivity index (χ3v) is 2.11. The Bertz CT molecular complexity index is 336. The third kappa shape index (κ3) is 2.31. The fraction of sp³-hybridized carbons (Fsp3) is 0.364. The molecule has 0 bridgehead atoms. The molecule has 76 valence electrons. The number of carbonyl (C=O) groups excluding carboxylic acids is 1. The molecule has 0 aliphatic heterocycles. The van der Waals surface area contributed by atoms with E-state index in [0.717, 1.165) is 12.8 Å². The molecule has 1 aromatic carbocycles. The maximum absolute atomic E-state index is 13.0. The van der Waals surface area contributed by atoms with Gasteiger partial charge >= 0.3 is 0 Å². The first-order chi connectivity index (χ1) is 6.66. The Kier molecular flexibility index (Phi) is 3.63. The second kappa shape index (κ2) is 4.74. The topological polar surface area (TPSA) is 43.1 Å². The fourth-order valence-electron chi connectivity index (χ4n) is 1.25. The molecule has 0 spiro atoms. The fourth-order valence-corrected chi connectivity index (χ4v) is 1.25. The molecule has 2 nitrogen and oxygen atoms in total. The Labute approximate surface area is 82.9 Å². The van der Waals surface area contributed by atoms with Gasteiger partial charge in [-0.15, -0.1) is 0 Å². The van der Waals surface area contributed by atoms with Gasteiger partial charge in [0.1, 0.15) is 5.82 Å². The molecule has 2 N–H and O–H groups in total. The number of hydrogen-bond donors (Lipinski definition) is 1. The molecule has 0 saturated carbocycles. The number of para-hydroxylation sites is 1. The monoisotopic (exact) mass is 195 g/mol. The number of nitrogens with two attached hydrogens (primary N) is 1. The van der Waals surface area contributed by atoms with Crippen LogP contribution in [0.1, 0.15) is 36.5 Å². The summed E-state index contributed by atoms with van der Waals surface area (Å²) in [5.41, 5.74) is 5.73. The van der Waals surface area contributed by atoms with Gasteiger partial charge in [0.25, 0.3) is 0 Å². The van der Waals surface area contributed by atoms with Gasteiger partial charge < -0.3 is 5.73 Å². The predicted molar refractivity (Wildman–Crippen MR) is 54.7 cm³/mol. The molecule has 0 aliphatic rings. The number of anilines is 1. The van der Waals surface area contributed by atoms with Gasteiger partial charge in [-0.3, -0.25) is 4.79 Å². The lowest BCUT2D eigenvalue weighted by atomic mass is 10.0. The van der Waals surface area contributed by atoms with Gasteiger partial charge in [-0.05, 0) is 18.6 Å². The van der Waals surface area contributed by atoms with Crippen LogP contribution in [0.3, 0.4) is 0 Å². The van der Waals surface area contributed by atoms with E-state index in [2.05, 4.69) is 0 Å². The summed E-state index contributed by atoms with van der Waals surface area (Å²) in [6.45, 7) is 2.00. The summed E-state index contributed by atoms with van der Waals surface area (Å²) >= 11 is 0. The minimum absolute atomic E-state index is 0.0337. The van der Waals surface area contributed by atoms with Crippen LogP contribution in [0.25, 0.3) is 0 Å². The molecule has 14 heavy (non-hydrogen) atoms. The molecule has 1 aromatic rings. The van der Waals surface area contributed by atoms with Crippen molar-refractivity contribution in [1.29, 1.82) is 0 Å². The minimum Gasteiger partial charge on any atom is -0.396 e. The predicted octanol–water partition coefficient (Wildman–Crippen LogP) is 2.78. The number of halogens is 1. The second-order valence-electron chi connectivity index (χ2n) is 3.23. The first-order valence-corrected chi connectivity index (χ1v) is 4.74. The molecule has 0 aromatic heterocycles. The van der Waals surface area contributed by atoms with Crippen molar-refractivity contribution in [1.82, 2.24) is 0 Å². The largest absolute Gasteiger partial charge is 0.396 e. The molecule has 0 aliphatic carbocycles. The van der Waals surface area contributed by atoms with Crippen molar-refractivity contribution < 1.29 is 9.18 Å². The summed E-state index contributed by atoms with van der Waals surface area (Å²) in [5.74, 6) is -0.601. The van der Waals surface area contributed by atoms with Crippen LogP contribution in [0.5, 0.6) is 0 Å². The number of Topliss-reactive ketones (excluding diaryl/α,β-unsaturated/α-hetero) is 1. The maximum Gasteiger partial charge on any atom is 0.165 e. The number of nitrogen functional groups attached to an aromatic ring is 1. The van der Waals surface area contributed by atoms with Crippen molar-refractivity contribution in [2.75, 3.05) is 5.73 Å². The summed E-state index contributed by atoms with van der Waals surface area (Å²) in [6, 6.07) is 4.33. The van der Waals surface area contributed by atoms with Crippen molar-refractivity contribution in [2.45, 2.75) is 26.2 Å². The van der Waals surface area contributed by atoms with E-state index in [-0.39, 0.29) is 11.5 Å². The lowest BCUT2D eigenvalue weighted by Gasteiger charge is -2.04. The Morgan fingerprint density at radius 2 is 2.21 bits per heavy atom. The highest BCUT2D eigenvalue weighted by Gasteiger charge is 2.11. The standard InChI is InChI=1S/C11H14FNO/c1-2-3-7-10(14)8-5-4-6-9(12)11(8)13/h4-6H,2-3,7,13H2,1H3. The molecular weight excluding hydrogens is 181 g/mol. The van der Waals surface area contributed by atoms with Crippen LogP contribution < -0.4 is 5.73 Å². The molecule has 0 saturated heterocycles. The number of unbranched alkanes of at least 4 members (excludes halogenated alkanes) is 1. The molecule has 0 radical (unpaired) electrons. The smallest absolute Gasteiger partial charge is 0.165 e. The Morgan fingerprint density at radius 3 is 2.86 bits per heavy atom. The normalized spacial score (nSPS) is 10.1. The van der Waals surface area contributed by atoms with Gasteiger partial charge in [-0.2, -0.15) is 0 Å². The van der Waals surface area contributed by atoms with Crippen molar-refractivity contribution >= 4 is 11.5 Å². The van der Waals surface area contributed by atoms with Crippen LogP contribution >= 0.6 is 0 Å². The van der Waals surface area contributed by atoms with E-state index in [1.54, 1.807) is 6.07 Å². The Morgan fingerprint density at radius 1 is 1.50 bits per heavy atom. The van der Waals surface area contributed by atoms with E-state index in [0.29, 0.717) is 12.0 Å². The van der Waals surface area contributed by atoms with E-state index in [1.165, 1.54) is 12.1 Å². The summed E-state index contributed by atoms with van der Waals surface area (Å²) in [4.78, 5) is 11.5. The van der Waals surface area contributed by atoms with Crippen molar-refractivity contribution in [2.24, 2.45) is 0 Å². The summed E-state index contributed by atoms with van der Waals surface area (Å²) in [7, 11) is 0. The van der Waals surface area contributed by atoms with Gasteiger partial charge in [-0.25, -0.2) is 4.39 Å². The second-order valence-corrected chi connectivity index (χ2v) is 3.23. The summed E-state index contributed by atoms with van der Waals surface area (Å²) < 4.78 is 13.0. The van der Waals surface area contributed by atoms with E-state index in [9.17, 15) is 9.18 Å². The summed E-state index contributed by atoms with van der Waals surface area (Å²) in [6.07, 6.45) is 2.19.